The first kappa shape index (κ1) is 12.7. The molecule has 0 aromatic carbocycles. The Morgan fingerprint density at radius 2 is 2.12 bits per heavy atom. The van der Waals surface area contributed by atoms with Gasteiger partial charge in [0.1, 0.15) is 0 Å². The first-order chi connectivity index (χ1) is 7.57. The van der Waals surface area contributed by atoms with Gasteiger partial charge in [-0.25, -0.2) is 4.79 Å². The summed E-state index contributed by atoms with van der Waals surface area (Å²) in [5, 5.41) is 9.12. The van der Waals surface area contributed by atoms with Crippen molar-refractivity contribution in [1.29, 1.82) is 0 Å². The molecule has 0 aliphatic rings. The zero-order valence-electron chi connectivity index (χ0n) is 10.2. The molecule has 0 aliphatic carbocycles. The lowest BCUT2D eigenvalue weighted by Crippen LogP contribution is -2.08. The Kier molecular flexibility index (Phi) is 4.47. The van der Waals surface area contributed by atoms with E-state index in [1.807, 2.05) is 13.8 Å². The number of carboxylic acids is 1. The van der Waals surface area contributed by atoms with Crippen molar-refractivity contribution in [2.24, 2.45) is 0 Å². The van der Waals surface area contributed by atoms with Crippen LogP contribution in [0.15, 0.2) is 12.4 Å². The summed E-state index contributed by atoms with van der Waals surface area (Å²) in [5.74, 6) is -0.657. The lowest BCUT2D eigenvalue weighted by atomic mass is 9.92. The summed E-state index contributed by atoms with van der Waals surface area (Å²) < 4.78 is 0. The van der Waals surface area contributed by atoms with Crippen molar-refractivity contribution in [1.82, 2.24) is 4.98 Å². The predicted molar refractivity (Wildman–Crippen MR) is 63.9 cm³/mol. The minimum atomic E-state index is -0.880. The quantitative estimate of drug-likeness (QED) is 0.830. The molecule has 1 N–H and O–H groups in total. The van der Waals surface area contributed by atoms with Gasteiger partial charge in [-0.1, -0.05) is 27.2 Å². The van der Waals surface area contributed by atoms with Gasteiger partial charge in [-0.2, -0.15) is 0 Å². The van der Waals surface area contributed by atoms with Gasteiger partial charge in [0.25, 0.3) is 0 Å². The molecule has 0 fully saturated rings. The van der Waals surface area contributed by atoms with Gasteiger partial charge >= 0.3 is 5.97 Å². The van der Waals surface area contributed by atoms with Crippen LogP contribution in [0.2, 0.25) is 0 Å². The van der Waals surface area contributed by atoms with E-state index in [0.717, 1.165) is 30.4 Å². The van der Waals surface area contributed by atoms with Gasteiger partial charge in [0, 0.05) is 12.4 Å². The Labute approximate surface area is 96.5 Å². The molecule has 0 bridgehead atoms. The third-order valence-electron chi connectivity index (χ3n) is 2.68. The maximum Gasteiger partial charge on any atom is 0.337 e. The summed E-state index contributed by atoms with van der Waals surface area (Å²) in [7, 11) is 0. The minimum absolute atomic E-state index is 0.223. The van der Waals surface area contributed by atoms with Crippen LogP contribution >= 0.6 is 0 Å². The number of aryl methyl sites for hydroxylation is 1. The summed E-state index contributed by atoms with van der Waals surface area (Å²) in [6, 6.07) is 0. The average Bonchev–Trinajstić information content (AvgIpc) is 2.25. The highest BCUT2D eigenvalue weighted by Crippen LogP contribution is 2.24. The van der Waals surface area contributed by atoms with E-state index in [4.69, 9.17) is 5.11 Å². The standard InChI is InChI=1S/C13H19NO2/c1-4-5-6-10-7-14-8-11(13(15)16)12(10)9(2)3/h7-9H,4-6H2,1-3H3,(H,15,16). The molecular weight excluding hydrogens is 202 g/mol. The molecule has 1 heterocycles. The van der Waals surface area contributed by atoms with E-state index >= 15 is 0 Å². The molecule has 0 radical (unpaired) electrons. The van der Waals surface area contributed by atoms with Gasteiger partial charge in [-0.05, 0) is 29.9 Å². The van der Waals surface area contributed by atoms with Crippen LogP contribution in [0.4, 0.5) is 0 Å². The number of hydrogen-bond acceptors (Lipinski definition) is 2. The molecule has 0 aliphatic heterocycles. The number of unbranched alkanes of at least 4 members (excludes halogenated alkanes) is 1. The fraction of sp³-hybridized carbons (Fsp3) is 0.538. The number of rotatable bonds is 5. The van der Waals surface area contributed by atoms with E-state index in [0.29, 0.717) is 5.56 Å². The molecule has 1 rings (SSSR count). The predicted octanol–water partition coefficient (Wildman–Crippen LogP) is 3.25. The zero-order valence-corrected chi connectivity index (χ0v) is 10.2. The van der Waals surface area contributed by atoms with Crippen molar-refractivity contribution in [3.63, 3.8) is 0 Å². The van der Waals surface area contributed by atoms with Crippen LogP contribution in [0.25, 0.3) is 0 Å². The zero-order chi connectivity index (χ0) is 12.1. The van der Waals surface area contributed by atoms with Crippen LogP contribution in [0, 0.1) is 0 Å². The highest BCUT2D eigenvalue weighted by Gasteiger charge is 2.16. The number of aromatic nitrogens is 1. The third-order valence-corrected chi connectivity index (χ3v) is 2.68. The lowest BCUT2D eigenvalue weighted by molar-refractivity contribution is 0.0694. The molecule has 1 aromatic rings. The van der Waals surface area contributed by atoms with E-state index < -0.39 is 5.97 Å². The molecule has 3 nitrogen and oxygen atoms in total. The topological polar surface area (TPSA) is 50.2 Å². The van der Waals surface area contributed by atoms with Crippen molar-refractivity contribution < 1.29 is 9.90 Å². The second kappa shape index (κ2) is 5.64. The van der Waals surface area contributed by atoms with E-state index in [1.165, 1.54) is 6.20 Å². The van der Waals surface area contributed by atoms with Crippen molar-refractivity contribution in [2.75, 3.05) is 0 Å². The van der Waals surface area contributed by atoms with Gasteiger partial charge in [-0.3, -0.25) is 4.98 Å². The van der Waals surface area contributed by atoms with E-state index in [9.17, 15) is 4.79 Å². The van der Waals surface area contributed by atoms with Gasteiger partial charge in [0.05, 0.1) is 5.56 Å². The molecule has 16 heavy (non-hydrogen) atoms. The fourth-order valence-corrected chi connectivity index (χ4v) is 1.93. The van der Waals surface area contributed by atoms with Crippen LogP contribution < -0.4 is 0 Å². The smallest absolute Gasteiger partial charge is 0.337 e. The molecule has 0 spiro atoms. The fourth-order valence-electron chi connectivity index (χ4n) is 1.93. The SMILES string of the molecule is CCCCc1cncc(C(=O)O)c1C(C)C. The van der Waals surface area contributed by atoms with Crippen LogP contribution in [0.3, 0.4) is 0 Å². The lowest BCUT2D eigenvalue weighted by Gasteiger charge is -2.14. The van der Waals surface area contributed by atoms with E-state index in [2.05, 4.69) is 11.9 Å². The molecule has 3 heteroatoms. The van der Waals surface area contributed by atoms with Crippen molar-refractivity contribution in [2.45, 2.75) is 46.0 Å². The summed E-state index contributed by atoms with van der Waals surface area (Å²) >= 11 is 0. The van der Waals surface area contributed by atoms with Gasteiger partial charge in [0.2, 0.25) is 0 Å². The highest BCUT2D eigenvalue weighted by atomic mass is 16.4. The second-order valence-corrected chi connectivity index (χ2v) is 4.32. The van der Waals surface area contributed by atoms with Crippen molar-refractivity contribution in [3.05, 3.63) is 29.1 Å². The van der Waals surface area contributed by atoms with Crippen LogP contribution in [-0.4, -0.2) is 16.1 Å². The maximum absolute atomic E-state index is 11.1. The number of nitrogens with zero attached hydrogens (tertiary/aromatic N) is 1. The highest BCUT2D eigenvalue weighted by molar-refractivity contribution is 5.89. The molecule has 0 unspecified atom stereocenters. The Morgan fingerprint density at radius 3 is 2.62 bits per heavy atom. The van der Waals surface area contributed by atoms with Gasteiger partial charge in [-0.15, -0.1) is 0 Å². The summed E-state index contributed by atoms with van der Waals surface area (Å²) in [4.78, 5) is 15.1. The third kappa shape index (κ3) is 2.81. The summed E-state index contributed by atoms with van der Waals surface area (Å²) in [6.45, 7) is 6.18. The average molecular weight is 221 g/mol. The molecule has 0 saturated heterocycles. The Bertz CT molecular complexity index is 372. The first-order valence-corrected chi connectivity index (χ1v) is 5.78. The van der Waals surface area contributed by atoms with Crippen LogP contribution in [0.1, 0.15) is 61.0 Å². The molecule has 0 atom stereocenters. The number of hydrogen-bond donors (Lipinski definition) is 1. The second-order valence-electron chi connectivity index (χ2n) is 4.32. The largest absolute Gasteiger partial charge is 0.478 e. The number of carboxylic acid groups (broad SMARTS) is 1. The molecule has 0 saturated carbocycles. The van der Waals surface area contributed by atoms with Crippen LogP contribution in [-0.2, 0) is 6.42 Å². The molecule has 88 valence electrons. The van der Waals surface area contributed by atoms with Gasteiger partial charge in [0.15, 0.2) is 0 Å². The Balaban J connectivity index is 3.16. The Morgan fingerprint density at radius 1 is 1.44 bits per heavy atom. The summed E-state index contributed by atoms with van der Waals surface area (Å²) in [5.41, 5.74) is 2.37. The normalized spacial score (nSPS) is 10.8. The number of carbonyl (C=O) groups is 1. The summed E-state index contributed by atoms with van der Waals surface area (Å²) in [6.07, 6.45) is 6.35. The van der Waals surface area contributed by atoms with E-state index in [-0.39, 0.29) is 5.92 Å². The molecular formula is C13H19NO2. The van der Waals surface area contributed by atoms with E-state index in [1.54, 1.807) is 6.20 Å². The molecule has 1 aromatic heterocycles. The number of pyridine rings is 1. The monoisotopic (exact) mass is 221 g/mol. The number of aromatic carboxylic acids is 1. The van der Waals surface area contributed by atoms with Crippen molar-refractivity contribution >= 4 is 5.97 Å². The Hall–Kier alpha value is -1.38. The molecule has 0 amide bonds. The maximum atomic E-state index is 11.1. The minimum Gasteiger partial charge on any atom is -0.478 e. The van der Waals surface area contributed by atoms with Crippen LogP contribution in [0.5, 0.6) is 0 Å². The van der Waals surface area contributed by atoms with Crippen molar-refractivity contribution in [3.8, 4) is 0 Å². The van der Waals surface area contributed by atoms with Gasteiger partial charge < -0.3 is 5.11 Å². The first-order valence-electron chi connectivity index (χ1n) is 5.78.